The summed E-state index contributed by atoms with van der Waals surface area (Å²) >= 11 is 3.29. The zero-order valence-corrected chi connectivity index (χ0v) is 12.0. The van der Waals surface area contributed by atoms with Crippen molar-refractivity contribution in [1.29, 1.82) is 0 Å². The van der Waals surface area contributed by atoms with Crippen LogP contribution in [0.5, 0.6) is 5.75 Å². The molecule has 0 bridgehead atoms. The molecule has 3 N–H and O–H groups in total. The molecule has 3 nitrogen and oxygen atoms in total. The summed E-state index contributed by atoms with van der Waals surface area (Å²) in [6.07, 6.45) is 0. The van der Waals surface area contributed by atoms with Crippen molar-refractivity contribution in [3.05, 3.63) is 64.1 Å². The summed E-state index contributed by atoms with van der Waals surface area (Å²) in [5.41, 5.74) is 1.82. The number of phenolic OH excluding ortho intramolecular Hbond substituents is 1. The first-order valence-electron chi connectivity index (χ1n) is 6.08. The quantitative estimate of drug-likeness (QED) is 0.793. The van der Waals surface area contributed by atoms with Gasteiger partial charge in [-0.05, 0) is 27.6 Å². The van der Waals surface area contributed by atoms with Crippen LogP contribution in [0.15, 0.2) is 53.0 Å². The van der Waals surface area contributed by atoms with E-state index in [-0.39, 0.29) is 18.4 Å². The van der Waals surface area contributed by atoms with Crippen molar-refractivity contribution in [2.24, 2.45) is 0 Å². The second-order valence-electron chi connectivity index (χ2n) is 4.27. The Bertz CT molecular complexity index is 531. The fraction of sp³-hybridized carbons (Fsp3) is 0.200. The molecule has 0 unspecified atom stereocenters. The molecule has 0 radical (unpaired) electrons. The highest BCUT2D eigenvalue weighted by Gasteiger charge is 2.11. The van der Waals surface area contributed by atoms with Gasteiger partial charge in [-0.25, -0.2) is 0 Å². The van der Waals surface area contributed by atoms with Crippen LogP contribution >= 0.6 is 15.9 Å². The van der Waals surface area contributed by atoms with E-state index in [0.29, 0.717) is 11.0 Å². The van der Waals surface area contributed by atoms with Crippen LogP contribution in [0, 0.1) is 0 Å². The molecule has 2 aromatic carbocycles. The van der Waals surface area contributed by atoms with E-state index in [9.17, 15) is 10.2 Å². The predicted octanol–water partition coefficient (Wildman–Crippen LogP) is 2.98. The molecule has 19 heavy (non-hydrogen) atoms. The number of aromatic hydroxyl groups is 1. The lowest BCUT2D eigenvalue weighted by Crippen LogP contribution is -2.24. The second kappa shape index (κ2) is 6.70. The molecular weight excluding hydrogens is 306 g/mol. The van der Waals surface area contributed by atoms with Gasteiger partial charge >= 0.3 is 0 Å². The van der Waals surface area contributed by atoms with Gasteiger partial charge in [0.25, 0.3) is 0 Å². The average molecular weight is 322 g/mol. The van der Waals surface area contributed by atoms with E-state index in [4.69, 9.17) is 0 Å². The standard InChI is InChI=1S/C15H16BrNO2/c16-13-8-4-7-12(15(13)19)9-17-14(10-18)11-5-2-1-3-6-11/h1-8,14,17-19H,9-10H2/t14-/m0/s1. The van der Waals surface area contributed by atoms with Gasteiger partial charge in [0.05, 0.1) is 17.1 Å². The molecule has 100 valence electrons. The fourth-order valence-electron chi connectivity index (χ4n) is 1.91. The molecule has 0 aliphatic rings. The van der Waals surface area contributed by atoms with E-state index in [1.54, 1.807) is 6.07 Å². The number of hydrogen-bond acceptors (Lipinski definition) is 3. The van der Waals surface area contributed by atoms with Crippen molar-refractivity contribution in [3.63, 3.8) is 0 Å². The highest BCUT2D eigenvalue weighted by Crippen LogP contribution is 2.27. The Kier molecular flexibility index (Phi) is 4.96. The topological polar surface area (TPSA) is 52.5 Å². The number of benzene rings is 2. The van der Waals surface area contributed by atoms with Crippen molar-refractivity contribution >= 4 is 15.9 Å². The van der Waals surface area contributed by atoms with E-state index in [2.05, 4.69) is 21.2 Å². The summed E-state index contributed by atoms with van der Waals surface area (Å²) in [6, 6.07) is 15.1. The number of para-hydroxylation sites is 1. The summed E-state index contributed by atoms with van der Waals surface area (Å²) in [5.74, 6) is 0.236. The van der Waals surface area contributed by atoms with Gasteiger partial charge in [-0.1, -0.05) is 42.5 Å². The number of hydrogen-bond donors (Lipinski definition) is 3. The van der Waals surface area contributed by atoms with E-state index in [0.717, 1.165) is 11.1 Å². The number of aliphatic hydroxyl groups excluding tert-OH is 1. The van der Waals surface area contributed by atoms with Gasteiger partial charge in [0.15, 0.2) is 0 Å². The Morgan fingerprint density at radius 1 is 1.05 bits per heavy atom. The van der Waals surface area contributed by atoms with Crippen molar-refractivity contribution < 1.29 is 10.2 Å². The lowest BCUT2D eigenvalue weighted by atomic mass is 10.1. The Balaban J connectivity index is 2.06. The number of halogens is 1. The van der Waals surface area contributed by atoms with Crippen LogP contribution in [0.3, 0.4) is 0 Å². The van der Waals surface area contributed by atoms with E-state index < -0.39 is 0 Å². The zero-order chi connectivity index (χ0) is 13.7. The highest BCUT2D eigenvalue weighted by molar-refractivity contribution is 9.10. The molecule has 0 aliphatic carbocycles. The Morgan fingerprint density at radius 3 is 2.47 bits per heavy atom. The maximum atomic E-state index is 9.90. The lowest BCUT2D eigenvalue weighted by molar-refractivity contribution is 0.243. The molecule has 0 saturated heterocycles. The Labute approximate surface area is 121 Å². The monoisotopic (exact) mass is 321 g/mol. The van der Waals surface area contributed by atoms with E-state index >= 15 is 0 Å². The lowest BCUT2D eigenvalue weighted by Gasteiger charge is -2.17. The number of phenols is 1. The summed E-state index contributed by atoms with van der Waals surface area (Å²) < 4.78 is 0.673. The summed E-state index contributed by atoms with van der Waals surface area (Å²) in [4.78, 5) is 0. The summed E-state index contributed by atoms with van der Waals surface area (Å²) in [7, 11) is 0. The second-order valence-corrected chi connectivity index (χ2v) is 5.13. The maximum absolute atomic E-state index is 9.90. The Hall–Kier alpha value is -1.36. The smallest absolute Gasteiger partial charge is 0.134 e. The van der Waals surface area contributed by atoms with Crippen molar-refractivity contribution in [1.82, 2.24) is 5.32 Å². The molecule has 2 aromatic rings. The first kappa shape index (κ1) is 14.1. The molecule has 0 aliphatic heterocycles. The van der Waals surface area contributed by atoms with Gasteiger partial charge in [0.2, 0.25) is 0 Å². The van der Waals surface area contributed by atoms with E-state index in [1.807, 2.05) is 42.5 Å². The fourth-order valence-corrected chi connectivity index (χ4v) is 2.32. The van der Waals surface area contributed by atoms with Crippen LogP contribution in [0.25, 0.3) is 0 Å². The van der Waals surface area contributed by atoms with E-state index in [1.165, 1.54) is 0 Å². The number of rotatable bonds is 5. The molecular formula is C15H16BrNO2. The van der Waals surface area contributed by atoms with Gasteiger partial charge in [-0.15, -0.1) is 0 Å². The first-order valence-corrected chi connectivity index (χ1v) is 6.87. The maximum Gasteiger partial charge on any atom is 0.134 e. The normalized spacial score (nSPS) is 12.3. The van der Waals surface area contributed by atoms with Gasteiger partial charge in [0, 0.05) is 12.1 Å². The van der Waals surface area contributed by atoms with Crippen molar-refractivity contribution in [3.8, 4) is 5.75 Å². The van der Waals surface area contributed by atoms with Crippen LogP contribution in [0.1, 0.15) is 17.2 Å². The molecule has 4 heteroatoms. The molecule has 0 heterocycles. The SMILES string of the molecule is OC[C@H](NCc1cccc(Br)c1O)c1ccccc1. The summed E-state index contributed by atoms with van der Waals surface area (Å²) in [6.45, 7) is 0.504. The third-order valence-corrected chi connectivity index (χ3v) is 3.63. The molecule has 0 spiro atoms. The first-order chi connectivity index (χ1) is 9.22. The average Bonchev–Trinajstić information content (AvgIpc) is 2.45. The van der Waals surface area contributed by atoms with Gasteiger partial charge in [0.1, 0.15) is 5.75 Å². The molecule has 0 fully saturated rings. The third kappa shape index (κ3) is 3.56. The zero-order valence-electron chi connectivity index (χ0n) is 10.4. The largest absolute Gasteiger partial charge is 0.506 e. The number of aliphatic hydroxyl groups is 1. The minimum absolute atomic E-state index is 0.0127. The predicted molar refractivity (Wildman–Crippen MR) is 78.9 cm³/mol. The minimum Gasteiger partial charge on any atom is -0.506 e. The minimum atomic E-state index is -0.139. The van der Waals surface area contributed by atoms with Gasteiger partial charge < -0.3 is 15.5 Å². The molecule has 0 saturated carbocycles. The van der Waals surface area contributed by atoms with Crippen molar-refractivity contribution in [2.45, 2.75) is 12.6 Å². The molecule has 0 amide bonds. The number of nitrogens with one attached hydrogen (secondary N) is 1. The molecule has 0 aromatic heterocycles. The summed E-state index contributed by atoms with van der Waals surface area (Å²) in [5, 5.41) is 22.6. The highest BCUT2D eigenvalue weighted by atomic mass is 79.9. The van der Waals surface area contributed by atoms with Crippen LogP contribution in [-0.4, -0.2) is 16.8 Å². The van der Waals surface area contributed by atoms with Crippen LogP contribution < -0.4 is 5.32 Å². The Morgan fingerprint density at radius 2 is 1.79 bits per heavy atom. The van der Waals surface area contributed by atoms with Gasteiger partial charge in [-0.2, -0.15) is 0 Å². The molecule has 1 atom stereocenters. The third-order valence-electron chi connectivity index (χ3n) is 2.99. The molecule has 2 rings (SSSR count). The van der Waals surface area contributed by atoms with Crippen LogP contribution in [0.2, 0.25) is 0 Å². The van der Waals surface area contributed by atoms with Crippen LogP contribution in [-0.2, 0) is 6.54 Å². The van der Waals surface area contributed by atoms with Crippen LogP contribution in [0.4, 0.5) is 0 Å². The van der Waals surface area contributed by atoms with Crippen molar-refractivity contribution in [2.75, 3.05) is 6.61 Å². The van der Waals surface area contributed by atoms with Gasteiger partial charge in [-0.3, -0.25) is 0 Å².